The van der Waals surface area contributed by atoms with Gasteiger partial charge >= 0.3 is 0 Å². The number of hydrogen-bond donors (Lipinski definition) is 1. The molecule has 1 amide bonds. The number of aromatic nitrogens is 2. The Hall–Kier alpha value is -1.82. The number of amides is 1. The van der Waals surface area contributed by atoms with Gasteiger partial charge in [0.1, 0.15) is 11.6 Å². The minimum atomic E-state index is -0.208. The second-order valence-corrected chi connectivity index (χ2v) is 5.63. The lowest BCUT2D eigenvalue weighted by molar-refractivity contribution is -0.118. The van der Waals surface area contributed by atoms with Gasteiger partial charge in [-0.3, -0.25) is 4.79 Å². The first-order chi connectivity index (χ1) is 10.1. The SMILES string of the molecule is CC[C@H](C)n1nccc1NC(=O)COc1cccc(Br)c1. The predicted octanol–water partition coefficient (Wildman–Crippen LogP) is 3.63. The predicted molar refractivity (Wildman–Crippen MR) is 85.5 cm³/mol. The van der Waals surface area contributed by atoms with Gasteiger partial charge in [0, 0.05) is 10.5 Å². The van der Waals surface area contributed by atoms with E-state index in [0.29, 0.717) is 11.6 Å². The molecular formula is C15H18BrN3O2. The number of rotatable bonds is 6. The summed E-state index contributed by atoms with van der Waals surface area (Å²) in [6.45, 7) is 4.09. The maximum atomic E-state index is 11.9. The van der Waals surface area contributed by atoms with Gasteiger partial charge in [0.25, 0.3) is 5.91 Å². The molecule has 0 radical (unpaired) electrons. The third kappa shape index (κ3) is 4.32. The summed E-state index contributed by atoms with van der Waals surface area (Å²) in [5, 5.41) is 7.04. The molecule has 0 saturated heterocycles. The lowest BCUT2D eigenvalue weighted by Crippen LogP contribution is -2.22. The molecule has 1 aromatic carbocycles. The second kappa shape index (κ2) is 7.26. The van der Waals surface area contributed by atoms with Gasteiger partial charge < -0.3 is 10.1 Å². The number of carbonyl (C=O) groups is 1. The number of hydrogen-bond acceptors (Lipinski definition) is 3. The van der Waals surface area contributed by atoms with E-state index in [2.05, 4.69) is 40.2 Å². The summed E-state index contributed by atoms with van der Waals surface area (Å²) < 4.78 is 8.17. The molecule has 21 heavy (non-hydrogen) atoms. The molecule has 1 atom stereocenters. The fourth-order valence-electron chi connectivity index (χ4n) is 1.82. The van der Waals surface area contributed by atoms with Crippen molar-refractivity contribution in [1.82, 2.24) is 9.78 Å². The number of nitrogens with zero attached hydrogens (tertiary/aromatic N) is 2. The molecule has 0 saturated carbocycles. The molecule has 1 N–H and O–H groups in total. The van der Waals surface area contributed by atoms with Crippen molar-refractivity contribution in [2.75, 3.05) is 11.9 Å². The summed E-state index contributed by atoms with van der Waals surface area (Å²) in [7, 11) is 0. The Kier molecular flexibility index (Phi) is 5.38. The molecule has 2 rings (SSSR count). The summed E-state index contributed by atoms with van der Waals surface area (Å²) in [6.07, 6.45) is 2.62. The summed E-state index contributed by atoms with van der Waals surface area (Å²) >= 11 is 3.36. The zero-order valence-electron chi connectivity index (χ0n) is 12.0. The van der Waals surface area contributed by atoms with Gasteiger partial charge in [-0.1, -0.05) is 28.9 Å². The van der Waals surface area contributed by atoms with Crippen molar-refractivity contribution in [2.24, 2.45) is 0 Å². The number of ether oxygens (including phenoxy) is 1. The van der Waals surface area contributed by atoms with E-state index in [4.69, 9.17) is 4.74 Å². The van der Waals surface area contributed by atoms with E-state index in [0.717, 1.165) is 10.9 Å². The van der Waals surface area contributed by atoms with Crippen molar-refractivity contribution >= 4 is 27.7 Å². The van der Waals surface area contributed by atoms with Crippen LogP contribution in [0.2, 0.25) is 0 Å². The number of benzene rings is 1. The van der Waals surface area contributed by atoms with Gasteiger partial charge in [0.2, 0.25) is 0 Å². The van der Waals surface area contributed by atoms with Crippen molar-refractivity contribution in [3.05, 3.63) is 41.0 Å². The van der Waals surface area contributed by atoms with Crippen LogP contribution in [0, 0.1) is 0 Å². The Morgan fingerprint density at radius 3 is 3.00 bits per heavy atom. The summed E-state index contributed by atoms with van der Waals surface area (Å²) in [6, 6.07) is 9.40. The highest BCUT2D eigenvalue weighted by atomic mass is 79.9. The topological polar surface area (TPSA) is 56.2 Å². The van der Waals surface area contributed by atoms with Crippen molar-refractivity contribution in [2.45, 2.75) is 26.3 Å². The van der Waals surface area contributed by atoms with Crippen LogP contribution in [0.1, 0.15) is 26.3 Å². The van der Waals surface area contributed by atoms with E-state index in [1.807, 2.05) is 18.2 Å². The van der Waals surface area contributed by atoms with Crippen LogP contribution in [0.3, 0.4) is 0 Å². The smallest absolute Gasteiger partial charge is 0.263 e. The summed E-state index contributed by atoms with van der Waals surface area (Å²) in [4.78, 5) is 11.9. The monoisotopic (exact) mass is 351 g/mol. The lowest BCUT2D eigenvalue weighted by Gasteiger charge is -2.14. The van der Waals surface area contributed by atoms with E-state index in [-0.39, 0.29) is 18.6 Å². The standard InChI is InChI=1S/C15H18BrN3O2/c1-3-11(2)19-14(7-8-17-19)18-15(20)10-21-13-6-4-5-12(16)9-13/h4-9,11H,3,10H2,1-2H3,(H,18,20)/t11-/m0/s1. The minimum absolute atomic E-state index is 0.0395. The molecule has 0 aliphatic heterocycles. The molecule has 0 bridgehead atoms. The number of nitrogens with one attached hydrogen (secondary N) is 1. The minimum Gasteiger partial charge on any atom is -0.484 e. The number of halogens is 1. The quantitative estimate of drug-likeness (QED) is 0.864. The fourth-order valence-corrected chi connectivity index (χ4v) is 2.20. The van der Waals surface area contributed by atoms with E-state index in [9.17, 15) is 4.79 Å². The highest BCUT2D eigenvalue weighted by Crippen LogP contribution is 2.18. The Morgan fingerprint density at radius 2 is 2.29 bits per heavy atom. The maximum Gasteiger partial charge on any atom is 0.263 e. The first kappa shape index (κ1) is 15.6. The highest BCUT2D eigenvalue weighted by molar-refractivity contribution is 9.10. The van der Waals surface area contributed by atoms with Crippen LogP contribution in [0.25, 0.3) is 0 Å². The Bertz CT molecular complexity index is 612. The van der Waals surface area contributed by atoms with Gasteiger partial charge in [-0.25, -0.2) is 4.68 Å². The first-order valence-electron chi connectivity index (χ1n) is 6.82. The molecule has 5 nitrogen and oxygen atoms in total. The molecule has 0 fully saturated rings. The van der Waals surface area contributed by atoms with Gasteiger partial charge in [-0.2, -0.15) is 5.10 Å². The van der Waals surface area contributed by atoms with Crippen LogP contribution in [0.15, 0.2) is 41.0 Å². The van der Waals surface area contributed by atoms with Crippen LogP contribution in [-0.4, -0.2) is 22.3 Å². The molecule has 0 unspecified atom stereocenters. The van der Waals surface area contributed by atoms with Crippen molar-refractivity contribution in [3.63, 3.8) is 0 Å². The fraction of sp³-hybridized carbons (Fsp3) is 0.333. The highest BCUT2D eigenvalue weighted by Gasteiger charge is 2.11. The van der Waals surface area contributed by atoms with Gasteiger partial charge in [-0.05, 0) is 31.5 Å². The average Bonchev–Trinajstić information content (AvgIpc) is 2.92. The van der Waals surface area contributed by atoms with Gasteiger partial charge in [-0.15, -0.1) is 0 Å². The molecule has 0 aliphatic rings. The Balaban J connectivity index is 1.92. The van der Waals surface area contributed by atoms with Crippen LogP contribution in [0.5, 0.6) is 5.75 Å². The largest absolute Gasteiger partial charge is 0.484 e. The first-order valence-corrected chi connectivity index (χ1v) is 7.61. The molecular weight excluding hydrogens is 334 g/mol. The number of carbonyl (C=O) groups excluding carboxylic acids is 1. The summed E-state index contributed by atoms with van der Waals surface area (Å²) in [5.41, 5.74) is 0. The van der Waals surface area contributed by atoms with E-state index in [1.165, 1.54) is 0 Å². The molecule has 0 spiro atoms. The van der Waals surface area contributed by atoms with Crippen molar-refractivity contribution in [3.8, 4) is 5.75 Å². The van der Waals surface area contributed by atoms with E-state index >= 15 is 0 Å². The van der Waals surface area contributed by atoms with Crippen LogP contribution >= 0.6 is 15.9 Å². The number of anilines is 1. The average molecular weight is 352 g/mol. The summed E-state index contributed by atoms with van der Waals surface area (Å²) in [5.74, 6) is 1.13. The van der Waals surface area contributed by atoms with Crippen LogP contribution < -0.4 is 10.1 Å². The lowest BCUT2D eigenvalue weighted by atomic mass is 10.3. The van der Waals surface area contributed by atoms with E-state index in [1.54, 1.807) is 23.0 Å². The Morgan fingerprint density at radius 1 is 1.48 bits per heavy atom. The molecule has 6 heteroatoms. The van der Waals surface area contributed by atoms with Gasteiger partial charge in [0.15, 0.2) is 6.61 Å². The third-order valence-corrected chi connectivity index (χ3v) is 3.61. The maximum absolute atomic E-state index is 11.9. The second-order valence-electron chi connectivity index (χ2n) is 4.71. The molecule has 1 heterocycles. The van der Waals surface area contributed by atoms with Crippen LogP contribution in [-0.2, 0) is 4.79 Å². The zero-order chi connectivity index (χ0) is 15.2. The van der Waals surface area contributed by atoms with Gasteiger partial charge in [0.05, 0.1) is 12.2 Å². The molecule has 2 aromatic rings. The molecule has 1 aromatic heterocycles. The van der Waals surface area contributed by atoms with Crippen LogP contribution in [0.4, 0.5) is 5.82 Å². The van der Waals surface area contributed by atoms with Crippen molar-refractivity contribution < 1.29 is 9.53 Å². The van der Waals surface area contributed by atoms with E-state index < -0.39 is 0 Å². The molecule has 112 valence electrons. The normalized spacial score (nSPS) is 12.0. The molecule has 0 aliphatic carbocycles. The Labute approximate surface area is 132 Å². The zero-order valence-corrected chi connectivity index (χ0v) is 13.6. The third-order valence-electron chi connectivity index (χ3n) is 3.11. The van der Waals surface area contributed by atoms with Crippen molar-refractivity contribution in [1.29, 1.82) is 0 Å².